The Labute approximate surface area is 230 Å². The van der Waals surface area contributed by atoms with Gasteiger partial charge in [-0.05, 0) is 47.2 Å². The molecule has 2 aliphatic rings. The zero-order chi connectivity index (χ0) is 27.2. The molecule has 0 spiro atoms. The molecule has 2 saturated heterocycles. The number of nitrogens with one attached hydrogen (secondary N) is 1. The first-order chi connectivity index (χ1) is 19.0. The smallest absolute Gasteiger partial charge is 0.217 e. The third-order valence-electron chi connectivity index (χ3n) is 7.80. The number of benzene rings is 3. The predicted molar refractivity (Wildman–Crippen MR) is 150 cm³/mol. The van der Waals surface area contributed by atoms with Crippen molar-refractivity contribution >= 4 is 5.91 Å². The van der Waals surface area contributed by atoms with Crippen LogP contribution in [0.15, 0.2) is 72.8 Å². The molecule has 0 aromatic heterocycles. The Bertz CT molecular complexity index is 1230. The van der Waals surface area contributed by atoms with Crippen LogP contribution in [0.25, 0.3) is 11.1 Å². The third kappa shape index (κ3) is 6.75. The van der Waals surface area contributed by atoms with Crippen molar-refractivity contribution in [2.45, 2.75) is 63.9 Å². The molecule has 0 saturated carbocycles. The Hall–Kier alpha value is -3.07. The van der Waals surface area contributed by atoms with Gasteiger partial charge in [0.05, 0.1) is 25.4 Å². The lowest BCUT2D eigenvalue weighted by Crippen LogP contribution is -2.42. The zero-order valence-electron chi connectivity index (χ0n) is 22.5. The molecule has 2 heterocycles. The average molecular weight is 531 g/mol. The summed E-state index contributed by atoms with van der Waals surface area (Å²) in [5, 5.41) is 22.2. The summed E-state index contributed by atoms with van der Waals surface area (Å²) in [6, 6.07) is 24.4. The fraction of sp³-hybridized carbons (Fsp3) is 0.406. The van der Waals surface area contributed by atoms with Gasteiger partial charge in [0.15, 0.2) is 6.29 Å². The predicted octanol–water partition coefficient (Wildman–Crippen LogP) is 4.48. The van der Waals surface area contributed by atoms with Gasteiger partial charge < -0.3 is 25.0 Å². The Balaban J connectivity index is 1.37. The Morgan fingerprint density at radius 3 is 2.44 bits per heavy atom. The molecule has 39 heavy (non-hydrogen) atoms. The molecule has 3 N–H and O–H groups in total. The molecular formula is C32H38N2O5. The second kappa shape index (κ2) is 12.9. The number of aliphatic hydroxyl groups is 2. The normalized spacial score (nSPS) is 23.6. The summed E-state index contributed by atoms with van der Waals surface area (Å²) < 4.78 is 13.0. The second-order valence-corrected chi connectivity index (χ2v) is 10.5. The molecular weight excluding hydrogens is 492 g/mol. The highest BCUT2D eigenvalue weighted by Crippen LogP contribution is 2.39. The van der Waals surface area contributed by atoms with Gasteiger partial charge in [-0.2, -0.15) is 0 Å². The zero-order valence-corrected chi connectivity index (χ0v) is 22.5. The van der Waals surface area contributed by atoms with Crippen molar-refractivity contribution in [2.75, 3.05) is 19.7 Å². The molecule has 7 nitrogen and oxygen atoms in total. The van der Waals surface area contributed by atoms with Crippen LogP contribution in [0.1, 0.15) is 60.8 Å². The van der Waals surface area contributed by atoms with Crippen LogP contribution in [-0.2, 0) is 27.4 Å². The number of likely N-dealkylation sites (tertiary alicyclic amines) is 1. The van der Waals surface area contributed by atoms with E-state index in [0.29, 0.717) is 6.54 Å². The Morgan fingerprint density at radius 2 is 1.72 bits per heavy atom. The molecule has 4 atom stereocenters. The third-order valence-corrected chi connectivity index (χ3v) is 7.80. The van der Waals surface area contributed by atoms with E-state index in [1.165, 1.54) is 6.92 Å². The summed E-state index contributed by atoms with van der Waals surface area (Å²) >= 11 is 0. The lowest BCUT2D eigenvalue weighted by atomic mass is 9.97. The Kier molecular flexibility index (Phi) is 9.06. The van der Waals surface area contributed by atoms with E-state index in [1.54, 1.807) is 0 Å². The van der Waals surface area contributed by atoms with E-state index in [0.717, 1.165) is 65.7 Å². The molecule has 7 heteroatoms. The van der Waals surface area contributed by atoms with E-state index < -0.39 is 6.29 Å². The maximum absolute atomic E-state index is 11.5. The van der Waals surface area contributed by atoms with Crippen LogP contribution in [0.5, 0.6) is 0 Å². The number of hydrogen-bond acceptors (Lipinski definition) is 6. The van der Waals surface area contributed by atoms with Gasteiger partial charge in [0.2, 0.25) is 5.91 Å². The fourth-order valence-corrected chi connectivity index (χ4v) is 5.63. The minimum absolute atomic E-state index is 0.0119. The van der Waals surface area contributed by atoms with Gasteiger partial charge in [-0.15, -0.1) is 0 Å². The van der Waals surface area contributed by atoms with Crippen LogP contribution >= 0.6 is 0 Å². The van der Waals surface area contributed by atoms with Crippen molar-refractivity contribution in [3.63, 3.8) is 0 Å². The molecule has 3 aromatic rings. The topological polar surface area (TPSA) is 91.3 Å². The van der Waals surface area contributed by atoms with Crippen molar-refractivity contribution in [1.29, 1.82) is 0 Å². The van der Waals surface area contributed by atoms with E-state index in [2.05, 4.69) is 40.5 Å². The van der Waals surface area contributed by atoms with Crippen LogP contribution in [0.3, 0.4) is 0 Å². The number of hydrogen-bond donors (Lipinski definition) is 3. The van der Waals surface area contributed by atoms with E-state index in [4.69, 9.17) is 9.47 Å². The van der Waals surface area contributed by atoms with E-state index in [-0.39, 0.29) is 37.4 Å². The van der Waals surface area contributed by atoms with Crippen molar-refractivity contribution in [3.8, 4) is 11.1 Å². The van der Waals surface area contributed by atoms with Crippen molar-refractivity contribution in [3.05, 3.63) is 95.1 Å². The number of aliphatic hydroxyl groups excluding tert-OH is 2. The summed E-state index contributed by atoms with van der Waals surface area (Å²) in [6.07, 6.45) is 2.11. The maximum atomic E-state index is 11.5. The molecule has 0 radical (unpaired) electrons. The van der Waals surface area contributed by atoms with E-state index in [9.17, 15) is 15.0 Å². The monoisotopic (exact) mass is 530 g/mol. The minimum atomic E-state index is -0.523. The lowest BCUT2D eigenvalue weighted by Gasteiger charge is -2.38. The fourth-order valence-electron chi connectivity index (χ4n) is 5.63. The second-order valence-electron chi connectivity index (χ2n) is 10.5. The van der Waals surface area contributed by atoms with Crippen molar-refractivity contribution < 1.29 is 24.5 Å². The van der Waals surface area contributed by atoms with E-state index >= 15 is 0 Å². The highest BCUT2D eigenvalue weighted by molar-refractivity contribution is 5.74. The highest BCUT2D eigenvalue weighted by atomic mass is 16.7. The summed E-state index contributed by atoms with van der Waals surface area (Å²) in [5.74, 6) is -0.0545. The van der Waals surface area contributed by atoms with E-state index in [1.807, 2.05) is 42.5 Å². The van der Waals surface area contributed by atoms with Crippen molar-refractivity contribution in [2.24, 2.45) is 0 Å². The van der Waals surface area contributed by atoms with Crippen LogP contribution < -0.4 is 5.32 Å². The maximum Gasteiger partial charge on any atom is 0.217 e. The van der Waals surface area contributed by atoms with Gasteiger partial charge in [0.25, 0.3) is 0 Å². The first-order valence-corrected chi connectivity index (χ1v) is 13.8. The molecule has 0 unspecified atom stereocenters. The van der Waals surface area contributed by atoms with Crippen LogP contribution in [0.4, 0.5) is 0 Å². The molecule has 3 aromatic carbocycles. The largest absolute Gasteiger partial charge is 0.395 e. The standard InChI is InChI=1S/C32H38N2O5/c1-22(37)33-18-27-5-2-3-7-30(27)24-12-14-26(15-13-24)32-38-29(19-34-16-4-6-28(34)21-36)17-31(39-32)25-10-8-23(20-35)9-11-25/h2-3,5,7-15,28-29,31-32,35-36H,4,6,16-21H2,1H3,(H,33,37)/t28-,29-,31+,32+/m0/s1. The van der Waals surface area contributed by atoms with Gasteiger partial charge in [0.1, 0.15) is 0 Å². The SMILES string of the molecule is CC(=O)NCc1ccccc1-c1ccc([C@@H]2O[C@H](CN3CCC[C@H]3CO)C[C@H](c3ccc(CO)cc3)O2)cc1. The molecule has 0 bridgehead atoms. The summed E-state index contributed by atoms with van der Waals surface area (Å²) in [5.41, 5.74) is 6.07. The number of amides is 1. The van der Waals surface area contributed by atoms with Gasteiger partial charge in [-0.25, -0.2) is 0 Å². The van der Waals surface area contributed by atoms with Crippen LogP contribution in [0, 0.1) is 0 Å². The summed E-state index contributed by atoms with van der Waals surface area (Å²) in [6.45, 7) is 3.91. The molecule has 1 amide bonds. The number of carbonyl (C=O) groups excluding carboxylic acids is 1. The van der Waals surface area contributed by atoms with Crippen molar-refractivity contribution in [1.82, 2.24) is 10.2 Å². The molecule has 2 aliphatic heterocycles. The average Bonchev–Trinajstić information content (AvgIpc) is 3.43. The Morgan fingerprint density at radius 1 is 0.974 bits per heavy atom. The van der Waals surface area contributed by atoms with Gasteiger partial charge in [0, 0.05) is 38.0 Å². The summed E-state index contributed by atoms with van der Waals surface area (Å²) in [4.78, 5) is 13.8. The summed E-state index contributed by atoms with van der Waals surface area (Å²) in [7, 11) is 0. The van der Waals surface area contributed by atoms with Crippen LogP contribution in [0.2, 0.25) is 0 Å². The molecule has 206 valence electrons. The first-order valence-electron chi connectivity index (χ1n) is 13.8. The van der Waals surface area contributed by atoms with Crippen LogP contribution in [-0.4, -0.2) is 52.9 Å². The number of carbonyl (C=O) groups is 1. The molecule has 0 aliphatic carbocycles. The molecule has 5 rings (SSSR count). The van der Waals surface area contributed by atoms with Gasteiger partial charge in [-0.3, -0.25) is 9.69 Å². The highest BCUT2D eigenvalue weighted by Gasteiger charge is 2.35. The number of ether oxygens (including phenoxy) is 2. The first kappa shape index (κ1) is 27.5. The number of nitrogens with zero attached hydrogens (tertiary/aromatic N) is 1. The van der Waals surface area contributed by atoms with Gasteiger partial charge in [-0.1, -0.05) is 72.8 Å². The lowest BCUT2D eigenvalue weighted by molar-refractivity contribution is -0.253. The van der Waals surface area contributed by atoms with Gasteiger partial charge >= 0.3 is 0 Å². The minimum Gasteiger partial charge on any atom is -0.395 e. The quantitative estimate of drug-likeness (QED) is 0.378. The number of rotatable bonds is 9. The molecule has 2 fully saturated rings.